The molecule has 39 heavy (non-hydrogen) atoms. The first kappa shape index (κ1) is 26.4. The van der Waals surface area contributed by atoms with Gasteiger partial charge >= 0.3 is 6.09 Å². The molecule has 0 saturated carbocycles. The topological polar surface area (TPSA) is 115 Å². The standard InChI is InChI=1S/C28H29N5O5S/c1-28(2,19-7-5-4-6-8-19)30-25(35)22-17-21-23(31-33(26(21)39-22)27(36)37-3)29-24(34)18-9-11-20(12-10-18)32-13-15-38-16-14-32/h4-12,17H,13-16H2,1-3H3,(H,30,35)(H,29,31,34). The first-order chi connectivity index (χ1) is 18.8. The molecular formula is C28H29N5O5S. The monoisotopic (exact) mass is 547 g/mol. The van der Waals surface area contributed by atoms with Gasteiger partial charge in [0, 0.05) is 24.3 Å². The van der Waals surface area contributed by atoms with Gasteiger partial charge in [0.2, 0.25) is 0 Å². The van der Waals surface area contributed by atoms with Gasteiger partial charge in [-0.15, -0.1) is 16.4 Å². The van der Waals surface area contributed by atoms with Crippen molar-refractivity contribution in [2.24, 2.45) is 0 Å². The fourth-order valence-corrected chi connectivity index (χ4v) is 5.42. The average molecular weight is 548 g/mol. The minimum Gasteiger partial charge on any atom is -0.451 e. The second-order valence-corrected chi connectivity index (χ2v) is 10.6. The number of methoxy groups -OCH3 is 1. The molecule has 2 aromatic carbocycles. The molecule has 1 fully saturated rings. The van der Waals surface area contributed by atoms with Crippen LogP contribution in [-0.2, 0) is 15.0 Å². The van der Waals surface area contributed by atoms with Crippen LogP contribution in [0.15, 0.2) is 60.7 Å². The molecule has 202 valence electrons. The van der Waals surface area contributed by atoms with Crippen molar-refractivity contribution >= 4 is 51.0 Å². The predicted octanol–water partition coefficient (Wildman–Crippen LogP) is 4.47. The molecule has 0 aliphatic carbocycles. The maximum Gasteiger partial charge on any atom is 0.435 e. The molecule has 0 atom stereocenters. The highest BCUT2D eigenvalue weighted by Crippen LogP contribution is 2.33. The number of carbonyl (C=O) groups is 3. The molecule has 2 amide bonds. The Balaban J connectivity index is 1.39. The number of amides is 2. The summed E-state index contributed by atoms with van der Waals surface area (Å²) in [5.74, 6) is -0.532. The number of hydrogen-bond acceptors (Lipinski definition) is 8. The number of nitrogens with zero attached hydrogens (tertiary/aromatic N) is 3. The summed E-state index contributed by atoms with van der Waals surface area (Å²) in [5, 5.41) is 10.6. The van der Waals surface area contributed by atoms with Gasteiger partial charge in [0.1, 0.15) is 4.83 Å². The van der Waals surface area contributed by atoms with Gasteiger partial charge in [0.15, 0.2) is 5.82 Å². The Kier molecular flexibility index (Phi) is 7.36. The molecule has 1 aliphatic rings. The van der Waals surface area contributed by atoms with Gasteiger partial charge in [0.05, 0.1) is 36.1 Å². The van der Waals surface area contributed by atoms with Gasteiger partial charge in [-0.2, -0.15) is 4.68 Å². The molecule has 0 unspecified atom stereocenters. The molecule has 10 nitrogen and oxygen atoms in total. The van der Waals surface area contributed by atoms with Crippen molar-refractivity contribution in [2.75, 3.05) is 43.6 Å². The lowest BCUT2D eigenvalue weighted by molar-refractivity contribution is 0.0915. The number of carbonyl (C=O) groups excluding carboxylic acids is 3. The summed E-state index contributed by atoms with van der Waals surface area (Å²) in [6, 6.07) is 18.5. The Labute approximate surface area is 229 Å². The third-order valence-electron chi connectivity index (χ3n) is 6.59. The molecule has 2 aromatic heterocycles. The van der Waals surface area contributed by atoms with Crippen molar-refractivity contribution < 1.29 is 23.9 Å². The lowest BCUT2D eigenvalue weighted by Gasteiger charge is -2.28. The van der Waals surface area contributed by atoms with Crippen molar-refractivity contribution in [3.8, 4) is 0 Å². The van der Waals surface area contributed by atoms with Crippen LogP contribution in [0.25, 0.3) is 10.2 Å². The van der Waals surface area contributed by atoms with Gasteiger partial charge in [-0.1, -0.05) is 30.3 Å². The van der Waals surface area contributed by atoms with Crippen LogP contribution in [0.2, 0.25) is 0 Å². The zero-order valence-corrected chi connectivity index (χ0v) is 22.7. The van der Waals surface area contributed by atoms with E-state index in [2.05, 4.69) is 20.6 Å². The highest BCUT2D eigenvalue weighted by molar-refractivity contribution is 7.20. The minimum absolute atomic E-state index is 0.162. The number of rotatable bonds is 6. The molecule has 1 saturated heterocycles. The molecule has 4 aromatic rings. The van der Waals surface area contributed by atoms with E-state index in [1.807, 2.05) is 56.3 Å². The third kappa shape index (κ3) is 5.50. The maximum absolute atomic E-state index is 13.2. The van der Waals surface area contributed by atoms with Gasteiger partial charge in [-0.3, -0.25) is 9.59 Å². The largest absolute Gasteiger partial charge is 0.451 e. The van der Waals surface area contributed by atoms with Gasteiger partial charge in [-0.05, 0) is 49.7 Å². The normalized spacial score (nSPS) is 13.8. The Bertz CT molecular complexity index is 1500. The van der Waals surface area contributed by atoms with E-state index >= 15 is 0 Å². The van der Waals surface area contributed by atoms with Crippen molar-refractivity contribution in [2.45, 2.75) is 19.4 Å². The fraction of sp³-hybridized carbons (Fsp3) is 0.286. The molecule has 0 radical (unpaired) electrons. The summed E-state index contributed by atoms with van der Waals surface area (Å²) in [6.07, 6.45) is -0.728. The van der Waals surface area contributed by atoms with Crippen molar-refractivity contribution in [1.82, 2.24) is 15.1 Å². The van der Waals surface area contributed by atoms with Crippen molar-refractivity contribution in [1.29, 1.82) is 0 Å². The van der Waals surface area contributed by atoms with Crippen LogP contribution < -0.4 is 15.5 Å². The lowest BCUT2D eigenvalue weighted by atomic mass is 9.94. The van der Waals surface area contributed by atoms with Crippen LogP contribution in [0.5, 0.6) is 0 Å². The predicted molar refractivity (Wildman–Crippen MR) is 150 cm³/mol. The zero-order valence-electron chi connectivity index (χ0n) is 21.9. The Morgan fingerprint density at radius 2 is 1.69 bits per heavy atom. The molecule has 11 heteroatoms. The van der Waals surface area contributed by atoms with E-state index in [-0.39, 0.29) is 17.6 Å². The number of thiophene rings is 1. The number of nitrogens with one attached hydrogen (secondary N) is 2. The Morgan fingerprint density at radius 3 is 2.36 bits per heavy atom. The van der Waals surface area contributed by atoms with Crippen molar-refractivity contribution in [3.05, 3.63) is 76.7 Å². The maximum atomic E-state index is 13.2. The van der Waals surface area contributed by atoms with E-state index in [1.165, 1.54) is 7.11 Å². The van der Waals surface area contributed by atoms with Crippen LogP contribution >= 0.6 is 11.3 Å². The van der Waals surface area contributed by atoms with E-state index in [9.17, 15) is 14.4 Å². The van der Waals surface area contributed by atoms with E-state index in [1.54, 1.807) is 18.2 Å². The smallest absolute Gasteiger partial charge is 0.435 e. The Hall–Kier alpha value is -4.22. The molecule has 2 N–H and O–H groups in total. The van der Waals surface area contributed by atoms with Crippen LogP contribution in [0.4, 0.5) is 16.3 Å². The molecular weight excluding hydrogens is 518 g/mol. The van der Waals surface area contributed by atoms with Crippen LogP contribution in [0, 0.1) is 0 Å². The third-order valence-corrected chi connectivity index (χ3v) is 7.70. The van der Waals surface area contributed by atoms with E-state index in [0.29, 0.717) is 33.9 Å². The summed E-state index contributed by atoms with van der Waals surface area (Å²) in [7, 11) is 1.24. The lowest BCUT2D eigenvalue weighted by Crippen LogP contribution is -2.40. The van der Waals surface area contributed by atoms with Crippen LogP contribution in [0.1, 0.15) is 39.4 Å². The van der Waals surface area contributed by atoms with E-state index in [0.717, 1.165) is 40.4 Å². The number of hydrogen-bond donors (Lipinski definition) is 2. The average Bonchev–Trinajstić information content (AvgIpc) is 3.54. The van der Waals surface area contributed by atoms with Gasteiger partial charge < -0.3 is 25.0 Å². The van der Waals surface area contributed by atoms with Crippen LogP contribution in [-0.4, -0.2) is 61.1 Å². The summed E-state index contributed by atoms with van der Waals surface area (Å²) in [6.45, 7) is 6.77. The molecule has 5 rings (SSSR count). The summed E-state index contributed by atoms with van der Waals surface area (Å²) in [4.78, 5) is 41.7. The van der Waals surface area contributed by atoms with E-state index < -0.39 is 11.6 Å². The second kappa shape index (κ2) is 10.9. The number of ether oxygens (including phenoxy) is 2. The minimum atomic E-state index is -0.728. The highest BCUT2D eigenvalue weighted by atomic mass is 32.1. The first-order valence-corrected chi connectivity index (χ1v) is 13.3. The molecule has 0 spiro atoms. The molecule has 0 bridgehead atoms. The first-order valence-electron chi connectivity index (χ1n) is 12.5. The Morgan fingerprint density at radius 1 is 1.00 bits per heavy atom. The summed E-state index contributed by atoms with van der Waals surface area (Å²) >= 11 is 1.09. The zero-order chi connectivity index (χ0) is 27.6. The molecule has 1 aliphatic heterocycles. The summed E-state index contributed by atoms with van der Waals surface area (Å²) in [5.41, 5.74) is 1.77. The number of benzene rings is 2. The van der Waals surface area contributed by atoms with Crippen molar-refractivity contribution in [3.63, 3.8) is 0 Å². The SMILES string of the molecule is COC(=O)n1nc(NC(=O)c2ccc(N3CCOCC3)cc2)c2cc(C(=O)NC(C)(C)c3ccccc3)sc21. The highest BCUT2D eigenvalue weighted by Gasteiger charge is 2.27. The van der Waals surface area contributed by atoms with Gasteiger partial charge in [0.25, 0.3) is 11.8 Å². The van der Waals surface area contributed by atoms with Gasteiger partial charge in [-0.25, -0.2) is 4.79 Å². The fourth-order valence-electron chi connectivity index (χ4n) is 4.42. The number of morpholine rings is 1. The van der Waals surface area contributed by atoms with Crippen LogP contribution in [0.3, 0.4) is 0 Å². The van der Waals surface area contributed by atoms with E-state index in [4.69, 9.17) is 9.47 Å². The summed E-state index contributed by atoms with van der Waals surface area (Å²) < 4.78 is 11.3. The number of aromatic nitrogens is 2. The quantitative estimate of drug-likeness (QED) is 0.366. The number of anilines is 2. The number of fused-ring (bicyclic) bond motifs is 1. The second-order valence-electron chi connectivity index (χ2n) is 9.61. The molecule has 3 heterocycles.